The summed E-state index contributed by atoms with van der Waals surface area (Å²) >= 11 is 0. The standard InChI is InChI=1S/C29H32F4N6O/c1-17(29(31,32)33)27-21-7-4-8-24(36-25-9-11-38(2)16-23(25)30)22(21)14-20(35-27)6-5-10-34-28(40)18-12-19-15-39(3)37-26(19)13-18/h4-8,14-15,18,23,25,36H,1,9-13,16H2,2-3H3,(H,34,40)/b6-5+/t18?,23-,25+/m0/s1. The lowest BCUT2D eigenvalue weighted by molar-refractivity contribution is -0.124. The highest BCUT2D eigenvalue weighted by Crippen LogP contribution is 2.37. The van der Waals surface area contributed by atoms with Gasteiger partial charge in [0.2, 0.25) is 5.91 Å². The van der Waals surface area contributed by atoms with E-state index in [-0.39, 0.29) is 41.7 Å². The summed E-state index contributed by atoms with van der Waals surface area (Å²) in [6.07, 6.45) is 1.12. The van der Waals surface area contributed by atoms with Crippen LogP contribution in [0.5, 0.6) is 0 Å². The van der Waals surface area contributed by atoms with E-state index in [1.165, 1.54) is 0 Å². The Bertz CT molecular complexity index is 1440. The molecule has 2 aromatic heterocycles. The molecular formula is C29H32F4N6O. The van der Waals surface area contributed by atoms with Crippen LogP contribution in [0.1, 0.15) is 29.1 Å². The number of fused-ring (bicyclic) bond motifs is 2. The smallest absolute Gasteiger partial charge is 0.379 e. The summed E-state index contributed by atoms with van der Waals surface area (Å²) in [7, 11) is 3.70. The highest BCUT2D eigenvalue weighted by Gasteiger charge is 2.35. The van der Waals surface area contributed by atoms with E-state index in [1.807, 2.05) is 25.2 Å². The lowest BCUT2D eigenvalue weighted by Crippen LogP contribution is -2.46. The van der Waals surface area contributed by atoms with Crippen molar-refractivity contribution < 1.29 is 22.4 Å². The summed E-state index contributed by atoms with van der Waals surface area (Å²) in [6.45, 7) is 4.46. The molecule has 3 atom stereocenters. The van der Waals surface area contributed by atoms with E-state index in [2.05, 4.69) is 27.3 Å². The van der Waals surface area contributed by atoms with Gasteiger partial charge in [-0.15, -0.1) is 0 Å². The first-order valence-electron chi connectivity index (χ1n) is 13.2. The van der Waals surface area contributed by atoms with Gasteiger partial charge in [0.05, 0.1) is 28.7 Å². The number of carbonyl (C=O) groups excluding carboxylic acids is 1. The summed E-state index contributed by atoms with van der Waals surface area (Å²) in [6, 6.07) is 6.13. The molecule has 0 spiro atoms. The average molecular weight is 557 g/mol. The lowest BCUT2D eigenvalue weighted by Gasteiger charge is -2.33. The zero-order valence-electron chi connectivity index (χ0n) is 22.4. The number of aromatic nitrogens is 3. The van der Waals surface area contributed by atoms with Gasteiger partial charge in [0.25, 0.3) is 0 Å². The van der Waals surface area contributed by atoms with E-state index in [4.69, 9.17) is 0 Å². The van der Waals surface area contributed by atoms with E-state index in [0.29, 0.717) is 36.9 Å². The number of alkyl halides is 4. The quantitative estimate of drug-likeness (QED) is 0.418. The molecule has 212 valence electrons. The van der Waals surface area contributed by atoms with Crippen LogP contribution in [0.3, 0.4) is 0 Å². The number of aryl methyl sites for hydroxylation is 1. The van der Waals surface area contributed by atoms with Crippen molar-refractivity contribution in [3.05, 3.63) is 65.8 Å². The molecule has 1 aliphatic heterocycles. The first-order chi connectivity index (χ1) is 19.0. The van der Waals surface area contributed by atoms with Crippen molar-refractivity contribution in [2.24, 2.45) is 13.0 Å². The van der Waals surface area contributed by atoms with Gasteiger partial charge >= 0.3 is 6.18 Å². The van der Waals surface area contributed by atoms with Crippen LogP contribution in [-0.2, 0) is 24.7 Å². The molecule has 5 rings (SSSR count). The van der Waals surface area contributed by atoms with Gasteiger partial charge in [-0.2, -0.15) is 18.3 Å². The van der Waals surface area contributed by atoms with Gasteiger partial charge in [0.1, 0.15) is 6.17 Å². The van der Waals surface area contributed by atoms with Gasteiger partial charge in [-0.3, -0.25) is 9.48 Å². The number of carbonyl (C=O) groups is 1. The highest BCUT2D eigenvalue weighted by molar-refractivity contribution is 6.00. The molecule has 40 heavy (non-hydrogen) atoms. The maximum absolute atomic E-state index is 14.8. The Morgan fingerprint density at radius 2 is 2.02 bits per heavy atom. The van der Waals surface area contributed by atoms with E-state index in [0.717, 1.165) is 11.3 Å². The van der Waals surface area contributed by atoms with Crippen LogP contribution in [-0.4, -0.2) is 70.6 Å². The molecule has 1 fully saturated rings. The number of amides is 1. The Labute approximate surface area is 229 Å². The fraction of sp³-hybridized carbons (Fsp3) is 0.414. The van der Waals surface area contributed by atoms with Gasteiger partial charge in [-0.05, 0) is 43.7 Å². The molecule has 2 aliphatic rings. The Hall–Kier alpha value is -3.73. The number of piperidine rings is 1. The maximum atomic E-state index is 14.8. The number of anilines is 1. The van der Waals surface area contributed by atoms with Crippen molar-refractivity contribution >= 4 is 34.0 Å². The normalized spacial score (nSPS) is 21.6. The minimum absolute atomic E-state index is 0.103. The molecule has 1 amide bonds. The summed E-state index contributed by atoms with van der Waals surface area (Å²) in [5.74, 6) is -0.298. The minimum atomic E-state index is -4.67. The van der Waals surface area contributed by atoms with Gasteiger partial charge < -0.3 is 15.5 Å². The first kappa shape index (κ1) is 27.8. The van der Waals surface area contributed by atoms with Crippen molar-refractivity contribution in [1.29, 1.82) is 0 Å². The third kappa shape index (κ3) is 5.89. The van der Waals surface area contributed by atoms with E-state index < -0.39 is 24.0 Å². The van der Waals surface area contributed by atoms with Crippen molar-refractivity contribution in [2.75, 3.05) is 32.0 Å². The molecule has 1 saturated heterocycles. The Morgan fingerprint density at radius 3 is 2.75 bits per heavy atom. The number of hydrogen-bond acceptors (Lipinski definition) is 5. The molecule has 1 aromatic carbocycles. The van der Waals surface area contributed by atoms with Gasteiger partial charge in [0, 0.05) is 61.7 Å². The van der Waals surface area contributed by atoms with Crippen molar-refractivity contribution in [2.45, 2.75) is 37.7 Å². The minimum Gasteiger partial charge on any atom is -0.379 e. The molecule has 2 N–H and O–H groups in total. The van der Waals surface area contributed by atoms with Crippen molar-refractivity contribution in [1.82, 2.24) is 25.0 Å². The number of benzene rings is 1. The number of likely N-dealkylation sites (tertiary alicyclic amines) is 1. The summed E-state index contributed by atoms with van der Waals surface area (Å²) in [5.41, 5.74) is 1.46. The highest BCUT2D eigenvalue weighted by atomic mass is 19.4. The molecule has 7 nitrogen and oxygen atoms in total. The number of halogens is 4. The number of nitrogens with zero attached hydrogens (tertiary/aromatic N) is 4. The molecule has 0 radical (unpaired) electrons. The SMILES string of the molecule is C=C(c1nc(/C=C/CNC(=O)C2Cc3cn(C)nc3C2)cc2c(N[C@@H]3CCN(C)C[C@@H]3F)cccc12)C(F)(F)F. The Morgan fingerprint density at radius 1 is 1.23 bits per heavy atom. The molecule has 0 bridgehead atoms. The van der Waals surface area contributed by atoms with Crippen LogP contribution in [0, 0.1) is 5.92 Å². The van der Waals surface area contributed by atoms with Crippen LogP contribution in [0.15, 0.2) is 43.1 Å². The number of hydrogen-bond donors (Lipinski definition) is 2. The monoisotopic (exact) mass is 556 g/mol. The van der Waals surface area contributed by atoms with Crippen LogP contribution in [0.25, 0.3) is 22.4 Å². The van der Waals surface area contributed by atoms with E-state index >= 15 is 0 Å². The molecule has 1 unspecified atom stereocenters. The summed E-state index contributed by atoms with van der Waals surface area (Å²) in [5, 5.41) is 11.2. The van der Waals surface area contributed by atoms with E-state index in [9.17, 15) is 22.4 Å². The Balaban J connectivity index is 1.36. The Kier molecular flexibility index (Phi) is 7.67. The fourth-order valence-corrected chi connectivity index (χ4v) is 5.46. The predicted molar refractivity (Wildman–Crippen MR) is 147 cm³/mol. The predicted octanol–water partition coefficient (Wildman–Crippen LogP) is 4.54. The largest absolute Gasteiger partial charge is 0.417 e. The van der Waals surface area contributed by atoms with Gasteiger partial charge in [-0.1, -0.05) is 24.8 Å². The van der Waals surface area contributed by atoms with Gasteiger partial charge in [0.15, 0.2) is 0 Å². The van der Waals surface area contributed by atoms with Gasteiger partial charge in [-0.25, -0.2) is 9.37 Å². The molecule has 3 aromatic rings. The molecule has 3 heterocycles. The lowest BCUT2D eigenvalue weighted by atomic mass is 9.99. The number of rotatable bonds is 7. The average Bonchev–Trinajstić information content (AvgIpc) is 3.44. The van der Waals surface area contributed by atoms with Crippen molar-refractivity contribution in [3.8, 4) is 0 Å². The third-order valence-corrected chi connectivity index (χ3v) is 7.56. The molecular weight excluding hydrogens is 524 g/mol. The third-order valence-electron chi connectivity index (χ3n) is 7.56. The zero-order valence-corrected chi connectivity index (χ0v) is 22.4. The molecule has 1 aliphatic carbocycles. The van der Waals surface area contributed by atoms with E-state index in [1.54, 1.807) is 41.1 Å². The van der Waals surface area contributed by atoms with Crippen LogP contribution in [0.4, 0.5) is 23.2 Å². The number of pyridine rings is 1. The van der Waals surface area contributed by atoms with Crippen LogP contribution >= 0.6 is 0 Å². The molecule has 0 saturated carbocycles. The fourth-order valence-electron chi connectivity index (χ4n) is 5.46. The number of nitrogens with one attached hydrogen (secondary N) is 2. The second-order valence-corrected chi connectivity index (χ2v) is 10.6. The van der Waals surface area contributed by atoms with Crippen molar-refractivity contribution in [3.63, 3.8) is 0 Å². The topological polar surface area (TPSA) is 75.1 Å². The number of allylic oxidation sites excluding steroid dienone is 1. The van der Waals surface area contributed by atoms with Crippen LogP contribution < -0.4 is 10.6 Å². The summed E-state index contributed by atoms with van der Waals surface area (Å²) in [4.78, 5) is 18.8. The van der Waals surface area contributed by atoms with Crippen LogP contribution in [0.2, 0.25) is 0 Å². The maximum Gasteiger partial charge on any atom is 0.417 e. The zero-order chi connectivity index (χ0) is 28.6. The molecule has 11 heteroatoms. The summed E-state index contributed by atoms with van der Waals surface area (Å²) < 4.78 is 57.6. The second-order valence-electron chi connectivity index (χ2n) is 10.6. The second kappa shape index (κ2) is 11.0. The first-order valence-corrected chi connectivity index (χ1v) is 13.2.